The summed E-state index contributed by atoms with van der Waals surface area (Å²) >= 11 is 0. The van der Waals surface area contributed by atoms with Crippen molar-refractivity contribution in [1.29, 1.82) is 0 Å². The fourth-order valence-corrected chi connectivity index (χ4v) is 2.14. The van der Waals surface area contributed by atoms with Crippen molar-refractivity contribution in [2.24, 2.45) is 0 Å². The molecule has 0 radical (unpaired) electrons. The molecule has 102 valence electrons. The van der Waals surface area contributed by atoms with Crippen molar-refractivity contribution in [3.63, 3.8) is 0 Å². The summed E-state index contributed by atoms with van der Waals surface area (Å²) in [6.45, 7) is 5.68. The smallest absolute Gasteiger partial charge is 0.407 e. The van der Waals surface area contributed by atoms with Gasteiger partial charge in [0.25, 0.3) is 0 Å². The number of alkyl carbamates (subject to hydrolysis) is 1. The SMILES string of the molecule is C=CC(=O)OCCNC(=O)OC1(CC)CCCC1. The van der Waals surface area contributed by atoms with Gasteiger partial charge >= 0.3 is 12.1 Å². The zero-order valence-corrected chi connectivity index (χ0v) is 10.9. The Morgan fingerprint density at radius 2 is 2.06 bits per heavy atom. The Hall–Kier alpha value is -1.52. The van der Waals surface area contributed by atoms with Crippen molar-refractivity contribution in [3.05, 3.63) is 12.7 Å². The predicted molar refractivity (Wildman–Crippen MR) is 67.1 cm³/mol. The van der Waals surface area contributed by atoms with Crippen LogP contribution in [0.2, 0.25) is 0 Å². The molecule has 1 fully saturated rings. The van der Waals surface area contributed by atoms with Crippen molar-refractivity contribution in [1.82, 2.24) is 5.32 Å². The Bertz CT molecular complexity index is 308. The average Bonchev–Trinajstić information content (AvgIpc) is 2.83. The lowest BCUT2D eigenvalue weighted by atomic mass is 9.99. The highest BCUT2D eigenvalue weighted by Gasteiger charge is 2.35. The molecule has 0 aromatic carbocycles. The van der Waals surface area contributed by atoms with E-state index >= 15 is 0 Å². The highest BCUT2D eigenvalue weighted by Crippen LogP contribution is 2.35. The quantitative estimate of drug-likeness (QED) is 0.449. The molecule has 18 heavy (non-hydrogen) atoms. The lowest BCUT2D eigenvalue weighted by Crippen LogP contribution is -2.38. The molecular formula is C13H21NO4. The largest absolute Gasteiger partial charge is 0.461 e. The van der Waals surface area contributed by atoms with Gasteiger partial charge in [0.2, 0.25) is 0 Å². The van der Waals surface area contributed by atoms with Crippen molar-refractivity contribution >= 4 is 12.1 Å². The van der Waals surface area contributed by atoms with Crippen LogP contribution in [0.4, 0.5) is 4.79 Å². The molecule has 1 aliphatic rings. The maximum atomic E-state index is 11.6. The Balaban J connectivity index is 2.20. The molecule has 0 aliphatic heterocycles. The molecule has 0 atom stereocenters. The van der Waals surface area contributed by atoms with Gasteiger partial charge in [-0.05, 0) is 32.1 Å². The van der Waals surface area contributed by atoms with Gasteiger partial charge in [0.05, 0.1) is 6.54 Å². The first-order chi connectivity index (χ1) is 8.62. The summed E-state index contributed by atoms with van der Waals surface area (Å²) in [5.41, 5.74) is -0.290. The van der Waals surface area contributed by atoms with E-state index in [0.29, 0.717) is 0 Å². The molecule has 0 heterocycles. The summed E-state index contributed by atoms with van der Waals surface area (Å²) in [5.74, 6) is -0.494. The number of amides is 1. The van der Waals surface area contributed by atoms with Gasteiger partial charge in [0, 0.05) is 6.08 Å². The van der Waals surface area contributed by atoms with Gasteiger partial charge in [0.15, 0.2) is 0 Å². The molecule has 0 saturated heterocycles. The summed E-state index contributed by atoms with van der Waals surface area (Å²) < 4.78 is 10.2. The van der Waals surface area contributed by atoms with Crippen molar-refractivity contribution in [2.45, 2.75) is 44.6 Å². The number of hydrogen-bond acceptors (Lipinski definition) is 4. The Kier molecular flexibility index (Phi) is 5.68. The Morgan fingerprint density at radius 1 is 1.39 bits per heavy atom. The number of carbonyl (C=O) groups is 2. The van der Waals surface area contributed by atoms with E-state index in [2.05, 4.69) is 11.9 Å². The number of rotatable bonds is 6. The van der Waals surface area contributed by atoms with Crippen molar-refractivity contribution in [2.75, 3.05) is 13.2 Å². The van der Waals surface area contributed by atoms with Crippen LogP contribution in [-0.2, 0) is 14.3 Å². The first kappa shape index (κ1) is 14.5. The number of esters is 1. The van der Waals surface area contributed by atoms with E-state index in [0.717, 1.165) is 38.2 Å². The Labute approximate surface area is 108 Å². The van der Waals surface area contributed by atoms with Gasteiger partial charge in [0.1, 0.15) is 12.2 Å². The first-order valence-electron chi connectivity index (χ1n) is 6.38. The minimum Gasteiger partial charge on any atom is -0.461 e. The molecule has 1 amide bonds. The minimum atomic E-state index is -0.494. The topological polar surface area (TPSA) is 64.6 Å². The fourth-order valence-electron chi connectivity index (χ4n) is 2.14. The zero-order valence-electron chi connectivity index (χ0n) is 10.9. The average molecular weight is 255 g/mol. The molecule has 1 aliphatic carbocycles. The van der Waals surface area contributed by atoms with Gasteiger partial charge in [-0.25, -0.2) is 9.59 Å². The molecule has 1 saturated carbocycles. The molecule has 1 N–H and O–H groups in total. The van der Waals surface area contributed by atoms with E-state index in [-0.39, 0.29) is 18.8 Å². The second kappa shape index (κ2) is 7.03. The molecule has 0 unspecified atom stereocenters. The summed E-state index contributed by atoms with van der Waals surface area (Å²) in [5, 5.41) is 2.58. The van der Waals surface area contributed by atoms with Gasteiger partial charge in [-0.2, -0.15) is 0 Å². The first-order valence-corrected chi connectivity index (χ1v) is 6.38. The molecule has 0 bridgehead atoms. The lowest BCUT2D eigenvalue weighted by molar-refractivity contribution is -0.137. The van der Waals surface area contributed by atoms with Crippen LogP contribution in [0, 0.1) is 0 Å². The predicted octanol–water partition coefficient (Wildman–Crippen LogP) is 2.16. The third-order valence-corrected chi connectivity index (χ3v) is 3.25. The van der Waals surface area contributed by atoms with Crippen LogP contribution in [0.1, 0.15) is 39.0 Å². The van der Waals surface area contributed by atoms with Gasteiger partial charge < -0.3 is 14.8 Å². The van der Waals surface area contributed by atoms with Gasteiger partial charge in [-0.3, -0.25) is 0 Å². The van der Waals surface area contributed by atoms with E-state index in [1.54, 1.807) is 0 Å². The number of nitrogens with one attached hydrogen (secondary N) is 1. The molecule has 5 nitrogen and oxygen atoms in total. The highest BCUT2D eigenvalue weighted by atomic mass is 16.6. The van der Waals surface area contributed by atoms with Crippen LogP contribution in [0.5, 0.6) is 0 Å². The highest BCUT2D eigenvalue weighted by molar-refractivity contribution is 5.81. The summed E-state index contributed by atoms with van der Waals surface area (Å²) in [6, 6.07) is 0. The van der Waals surface area contributed by atoms with Crippen molar-refractivity contribution < 1.29 is 19.1 Å². The molecule has 0 aromatic heterocycles. The molecule has 0 aromatic rings. The normalized spacial score (nSPS) is 16.9. The van der Waals surface area contributed by atoms with Gasteiger partial charge in [-0.15, -0.1) is 0 Å². The van der Waals surface area contributed by atoms with Crippen LogP contribution < -0.4 is 5.32 Å². The fraction of sp³-hybridized carbons (Fsp3) is 0.692. The van der Waals surface area contributed by atoms with Crippen LogP contribution in [0.15, 0.2) is 12.7 Å². The zero-order chi connectivity index (χ0) is 13.4. The summed E-state index contributed by atoms with van der Waals surface area (Å²) in [7, 11) is 0. The van der Waals surface area contributed by atoms with Gasteiger partial charge in [-0.1, -0.05) is 13.5 Å². The van der Waals surface area contributed by atoms with E-state index < -0.39 is 12.1 Å². The van der Waals surface area contributed by atoms with Crippen LogP contribution in [0.3, 0.4) is 0 Å². The monoisotopic (exact) mass is 255 g/mol. The summed E-state index contributed by atoms with van der Waals surface area (Å²) in [6.07, 6.45) is 5.57. The molecular weight excluding hydrogens is 234 g/mol. The van der Waals surface area contributed by atoms with E-state index in [4.69, 9.17) is 9.47 Å². The van der Waals surface area contributed by atoms with Crippen molar-refractivity contribution in [3.8, 4) is 0 Å². The van der Waals surface area contributed by atoms with Crippen LogP contribution in [0.25, 0.3) is 0 Å². The molecule has 0 spiro atoms. The molecule has 5 heteroatoms. The second-order valence-electron chi connectivity index (χ2n) is 4.43. The number of hydrogen-bond donors (Lipinski definition) is 1. The van der Waals surface area contributed by atoms with E-state index in [1.165, 1.54) is 0 Å². The Morgan fingerprint density at radius 3 is 2.61 bits per heavy atom. The van der Waals surface area contributed by atoms with E-state index in [1.807, 2.05) is 6.92 Å². The van der Waals surface area contributed by atoms with Crippen LogP contribution in [-0.4, -0.2) is 30.8 Å². The second-order valence-corrected chi connectivity index (χ2v) is 4.43. The lowest BCUT2D eigenvalue weighted by Gasteiger charge is -2.27. The van der Waals surface area contributed by atoms with Crippen LogP contribution >= 0.6 is 0 Å². The maximum absolute atomic E-state index is 11.6. The van der Waals surface area contributed by atoms with E-state index in [9.17, 15) is 9.59 Å². The third kappa shape index (κ3) is 4.39. The number of carbonyl (C=O) groups excluding carboxylic acids is 2. The minimum absolute atomic E-state index is 0.124. The maximum Gasteiger partial charge on any atom is 0.407 e. The third-order valence-electron chi connectivity index (χ3n) is 3.25. The number of ether oxygens (including phenoxy) is 2. The standard InChI is InChI=1S/C13H21NO4/c1-3-11(15)17-10-9-14-12(16)18-13(4-2)7-5-6-8-13/h3H,1,4-10H2,2H3,(H,14,16). The molecule has 1 rings (SSSR count). The summed E-state index contributed by atoms with van der Waals surface area (Å²) in [4.78, 5) is 22.3.